The average molecular weight is 233 g/mol. The van der Waals surface area contributed by atoms with E-state index >= 15 is 0 Å². The van der Waals surface area contributed by atoms with Gasteiger partial charge in [-0.3, -0.25) is 9.59 Å². The van der Waals surface area contributed by atoms with Gasteiger partial charge in [0.25, 0.3) is 0 Å². The van der Waals surface area contributed by atoms with Crippen molar-refractivity contribution < 1.29 is 19.8 Å². The van der Waals surface area contributed by atoms with Crippen LogP contribution in [0.2, 0.25) is 0 Å². The molecule has 0 unspecified atom stereocenters. The number of aliphatic carboxylic acids is 2. The van der Waals surface area contributed by atoms with Crippen molar-refractivity contribution in [2.75, 3.05) is 0 Å². The third kappa shape index (κ3) is 13.7. The minimum absolute atomic E-state index is 0. The zero-order valence-corrected chi connectivity index (χ0v) is 5.54. The molecule has 0 spiro atoms. The third-order valence-corrected chi connectivity index (χ3v) is 1.03. The molecule has 0 fully saturated rings. The third-order valence-electron chi connectivity index (χ3n) is 1.03. The molecule has 0 aromatic carbocycles. The van der Waals surface area contributed by atoms with Crippen molar-refractivity contribution in [3.8, 4) is 0 Å². The summed E-state index contributed by atoms with van der Waals surface area (Å²) in [6, 6.07) is 0. The summed E-state index contributed by atoms with van der Waals surface area (Å²) >= 11 is 0. The number of rotatable bonds is 5. The first-order valence-electron chi connectivity index (χ1n) is 3.06. The zero-order valence-electron chi connectivity index (χ0n) is 5.54. The van der Waals surface area contributed by atoms with E-state index in [1.54, 1.807) is 0 Å². The Morgan fingerprint density at radius 2 is 1.18 bits per heavy atom. The normalized spacial score (nSPS) is 8.36. The number of hydrogen-bond donors (Lipinski definition) is 2. The molecule has 0 aromatic rings. The molecule has 0 bridgehead atoms. The van der Waals surface area contributed by atoms with E-state index in [9.17, 15) is 9.59 Å². The van der Waals surface area contributed by atoms with Gasteiger partial charge in [-0.15, -0.1) is 0 Å². The van der Waals surface area contributed by atoms with Crippen LogP contribution < -0.4 is 0 Å². The fourth-order valence-electron chi connectivity index (χ4n) is 0.552. The molecule has 60 valence electrons. The standard InChI is InChI=1S/C6H10O4.Rb.H/c7-5(8)3-1-2-4-6(9)10;;/h1-4H2,(H,7,8)(H,9,10);;. The van der Waals surface area contributed by atoms with Crippen molar-refractivity contribution in [2.45, 2.75) is 25.7 Å². The van der Waals surface area contributed by atoms with E-state index in [4.69, 9.17) is 10.2 Å². The quantitative estimate of drug-likeness (QED) is 0.658. The van der Waals surface area contributed by atoms with Gasteiger partial charge in [0, 0.05) is 12.8 Å². The summed E-state index contributed by atoms with van der Waals surface area (Å²) < 4.78 is 0. The van der Waals surface area contributed by atoms with Crippen molar-refractivity contribution >= 4 is 70.1 Å². The van der Waals surface area contributed by atoms with Crippen LogP contribution in [-0.4, -0.2) is 80.3 Å². The molecule has 11 heavy (non-hydrogen) atoms. The molecule has 0 atom stereocenters. The minimum atomic E-state index is -0.870. The van der Waals surface area contributed by atoms with Gasteiger partial charge in [0.2, 0.25) is 0 Å². The van der Waals surface area contributed by atoms with Gasteiger partial charge in [-0.05, 0) is 12.8 Å². The molecular weight excluding hydrogens is 222 g/mol. The Labute approximate surface area is 114 Å². The van der Waals surface area contributed by atoms with Gasteiger partial charge in [-0.25, -0.2) is 0 Å². The fourth-order valence-corrected chi connectivity index (χ4v) is 0.552. The van der Waals surface area contributed by atoms with Gasteiger partial charge in [-0.2, -0.15) is 0 Å². The van der Waals surface area contributed by atoms with Crippen molar-refractivity contribution in [3.63, 3.8) is 0 Å². The molecule has 4 nitrogen and oxygen atoms in total. The van der Waals surface area contributed by atoms with Crippen LogP contribution in [0.1, 0.15) is 25.7 Å². The van der Waals surface area contributed by atoms with Gasteiger partial charge in [0.05, 0.1) is 0 Å². The average Bonchev–Trinajstić information content (AvgIpc) is 1.79. The molecule has 0 aliphatic carbocycles. The van der Waals surface area contributed by atoms with Crippen LogP contribution in [0.15, 0.2) is 0 Å². The molecule has 5 heteroatoms. The van der Waals surface area contributed by atoms with Crippen molar-refractivity contribution in [3.05, 3.63) is 0 Å². The SMILES string of the molecule is O=C(O)CCCCC(=O)O.[RbH]. The molecule has 0 saturated heterocycles. The predicted molar refractivity (Wildman–Crippen MR) is 40.9 cm³/mol. The summed E-state index contributed by atoms with van der Waals surface area (Å²) in [6.45, 7) is 0. The fraction of sp³-hybridized carbons (Fsp3) is 0.667. The summed E-state index contributed by atoms with van der Waals surface area (Å²) in [5.74, 6) is -1.74. The zero-order chi connectivity index (χ0) is 7.98. The van der Waals surface area contributed by atoms with Crippen LogP contribution in [0.3, 0.4) is 0 Å². The van der Waals surface area contributed by atoms with Crippen LogP contribution in [0.4, 0.5) is 0 Å². The topological polar surface area (TPSA) is 74.6 Å². The molecule has 0 amide bonds. The maximum atomic E-state index is 9.90. The molecule has 0 aliphatic rings. The molecule has 0 saturated carbocycles. The molecule has 0 heterocycles. The Balaban J connectivity index is 0. The number of carbonyl (C=O) groups is 2. The monoisotopic (exact) mass is 232 g/mol. The van der Waals surface area contributed by atoms with Gasteiger partial charge < -0.3 is 10.2 Å². The van der Waals surface area contributed by atoms with Gasteiger partial charge in [0.15, 0.2) is 0 Å². The van der Waals surface area contributed by atoms with E-state index in [2.05, 4.69) is 0 Å². The predicted octanol–water partition coefficient (Wildman–Crippen LogP) is 0.0675. The summed E-state index contributed by atoms with van der Waals surface area (Å²) in [5, 5.41) is 16.3. The first-order chi connectivity index (χ1) is 4.63. The maximum absolute atomic E-state index is 9.90. The van der Waals surface area contributed by atoms with Crippen molar-refractivity contribution in [1.29, 1.82) is 0 Å². The number of hydrogen-bond acceptors (Lipinski definition) is 2. The van der Waals surface area contributed by atoms with E-state index in [0.717, 1.165) is 0 Å². The number of carboxylic acid groups (broad SMARTS) is 2. The van der Waals surface area contributed by atoms with Crippen molar-refractivity contribution in [2.24, 2.45) is 0 Å². The first kappa shape index (κ1) is 14.3. The molecule has 0 rings (SSSR count). The van der Waals surface area contributed by atoms with Crippen LogP contribution in [0.5, 0.6) is 0 Å². The molecule has 0 radical (unpaired) electrons. The van der Waals surface area contributed by atoms with E-state index in [1.165, 1.54) is 0 Å². The number of carboxylic acids is 2. The number of unbranched alkanes of at least 4 members (excludes halogenated alkanes) is 1. The van der Waals surface area contributed by atoms with Gasteiger partial charge >= 0.3 is 70.1 Å². The first-order valence-corrected chi connectivity index (χ1v) is 3.06. The summed E-state index contributed by atoms with van der Waals surface area (Å²) in [4.78, 5) is 19.8. The molecule has 2 N–H and O–H groups in total. The van der Waals surface area contributed by atoms with Crippen LogP contribution in [0, 0.1) is 0 Å². The van der Waals surface area contributed by atoms with Crippen molar-refractivity contribution in [1.82, 2.24) is 0 Å². The van der Waals surface area contributed by atoms with E-state index < -0.39 is 11.9 Å². The van der Waals surface area contributed by atoms with E-state index in [0.29, 0.717) is 12.8 Å². The van der Waals surface area contributed by atoms with E-state index in [-0.39, 0.29) is 71.0 Å². The Morgan fingerprint density at radius 3 is 1.36 bits per heavy atom. The summed E-state index contributed by atoms with van der Waals surface area (Å²) in [7, 11) is 0. The Morgan fingerprint density at radius 1 is 0.909 bits per heavy atom. The molecular formula is C6H11O4Rb. The Kier molecular flexibility index (Phi) is 11.5. The Bertz CT molecular complexity index is 119. The van der Waals surface area contributed by atoms with Gasteiger partial charge in [-0.1, -0.05) is 0 Å². The van der Waals surface area contributed by atoms with E-state index in [1.807, 2.05) is 0 Å². The van der Waals surface area contributed by atoms with Crippen LogP contribution in [0.25, 0.3) is 0 Å². The summed E-state index contributed by atoms with van der Waals surface area (Å²) in [6.07, 6.45) is 1.02. The Hall–Kier alpha value is 0.745. The van der Waals surface area contributed by atoms with Crippen LogP contribution in [-0.2, 0) is 9.59 Å². The second-order valence-electron chi connectivity index (χ2n) is 1.99. The molecule has 0 aliphatic heterocycles. The molecule has 0 aromatic heterocycles. The van der Waals surface area contributed by atoms with Crippen LogP contribution >= 0.6 is 0 Å². The second kappa shape index (κ2) is 8.84. The summed E-state index contributed by atoms with van der Waals surface area (Å²) in [5.41, 5.74) is 0. The van der Waals surface area contributed by atoms with Gasteiger partial charge in [0.1, 0.15) is 0 Å². The second-order valence-corrected chi connectivity index (χ2v) is 1.99.